The van der Waals surface area contributed by atoms with Crippen molar-refractivity contribution < 1.29 is 9.53 Å². The van der Waals surface area contributed by atoms with Crippen LogP contribution in [0.1, 0.15) is 21.6 Å². The van der Waals surface area contributed by atoms with Crippen LogP contribution in [0.25, 0.3) is 0 Å². The first-order chi connectivity index (χ1) is 10.9. The molecule has 0 saturated carbocycles. The van der Waals surface area contributed by atoms with Gasteiger partial charge < -0.3 is 15.4 Å². The number of carbonyl (C=O) groups is 1. The molecule has 120 valence electrons. The second-order valence-electron chi connectivity index (χ2n) is 5.03. The van der Waals surface area contributed by atoms with Crippen molar-refractivity contribution in [1.82, 2.24) is 9.88 Å². The number of benzene rings is 1. The molecule has 23 heavy (non-hydrogen) atoms. The number of rotatable bonds is 2. The number of ether oxygens (including phenoxy) is 1. The predicted octanol–water partition coefficient (Wildman–Crippen LogP) is 2.66. The lowest BCUT2D eigenvalue weighted by molar-refractivity contribution is 0.0601. The van der Waals surface area contributed by atoms with E-state index in [9.17, 15) is 4.79 Å². The maximum atomic E-state index is 11.5. The van der Waals surface area contributed by atoms with Crippen molar-refractivity contribution in [3.63, 3.8) is 0 Å². The van der Waals surface area contributed by atoms with Crippen molar-refractivity contribution in [1.29, 1.82) is 5.41 Å². The van der Waals surface area contributed by atoms with Crippen LogP contribution < -0.4 is 10.6 Å². The lowest BCUT2D eigenvalue weighted by Gasteiger charge is -2.13. The molecule has 2 aromatic rings. The topological polar surface area (TPSA) is 79.1 Å². The highest BCUT2D eigenvalue weighted by Gasteiger charge is 2.09. The Morgan fingerprint density at radius 1 is 1.30 bits per heavy atom. The molecule has 0 fully saturated rings. The van der Waals surface area contributed by atoms with Crippen molar-refractivity contribution >= 4 is 34.9 Å². The number of thiocarbonyl (C=S) groups is 1. The average molecular weight is 330 g/mol. The second kappa shape index (κ2) is 7.06. The van der Waals surface area contributed by atoms with Crippen LogP contribution in [-0.2, 0) is 4.74 Å². The summed E-state index contributed by atoms with van der Waals surface area (Å²) in [6.45, 7) is 3.88. The van der Waals surface area contributed by atoms with E-state index in [1.807, 2.05) is 26.1 Å². The van der Waals surface area contributed by atoms with E-state index in [0.29, 0.717) is 11.3 Å². The molecule has 1 heterocycles. The first kappa shape index (κ1) is 16.7. The third kappa shape index (κ3) is 4.17. The van der Waals surface area contributed by atoms with Crippen LogP contribution in [0, 0.1) is 19.3 Å². The molecule has 0 aliphatic carbocycles. The third-order valence-electron chi connectivity index (χ3n) is 3.16. The summed E-state index contributed by atoms with van der Waals surface area (Å²) in [5, 5.41) is 14.1. The number of nitrogens with zero attached hydrogens (tertiary/aromatic N) is 1. The number of aryl methyl sites for hydroxylation is 2. The highest BCUT2D eigenvalue weighted by atomic mass is 32.1. The zero-order chi connectivity index (χ0) is 17.0. The Bertz CT molecular complexity index is 767. The molecule has 0 spiro atoms. The SMILES string of the molecule is COC(=O)c1cccc(NC(=S)NC(=N)n2cc(C)cc2C)c1. The summed E-state index contributed by atoms with van der Waals surface area (Å²) < 4.78 is 6.38. The molecule has 1 aromatic heterocycles. The van der Waals surface area contributed by atoms with Gasteiger partial charge in [0.1, 0.15) is 0 Å². The van der Waals surface area contributed by atoms with Gasteiger partial charge in [0.15, 0.2) is 5.11 Å². The largest absolute Gasteiger partial charge is 0.465 e. The number of hydrogen-bond donors (Lipinski definition) is 3. The highest BCUT2D eigenvalue weighted by molar-refractivity contribution is 7.80. The van der Waals surface area contributed by atoms with Crippen LogP contribution in [0.15, 0.2) is 36.5 Å². The van der Waals surface area contributed by atoms with Gasteiger partial charge >= 0.3 is 5.97 Å². The smallest absolute Gasteiger partial charge is 0.337 e. The van der Waals surface area contributed by atoms with Crippen molar-refractivity contribution in [3.8, 4) is 0 Å². The molecule has 3 N–H and O–H groups in total. The van der Waals surface area contributed by atoms with E-state index in [1.165, 1.54) is 7.11 Å². The van der Waals surface area contributed by atoms with E-state index in [1.54, 1.807) is 28.8 Å². The molecule has 0 aliphatic rings. The molecular weight excluding hydrogens is 312 g/mol. The van der Waals surface area contributed by atoms with Gasteiger partial charge in [0.2, 0.25) is 5.96 Å². The first-order valence-electron chi connectivity index (χ1n) is 6.91. The normalized spacial score (nSPS) is 10.0. The fourth-order valence-corrected chi connectivity index (χ4v) is 2.37. The average Bonchev–Trinajstić information content (AvgIpc) is 2.85. The molecule has 1 aromatic carbocycles. The van der Waals surface area contributed by atoms with E-state index in [4.69, 9.17) is 17.6 Å². The van der Waals surface area contributed by atoms with E-state index >= 15 is 0 Å². The second-order valence-corrected chi connectivity index (χ2v) is 5.44. The van der Waals surface area contributed by atoms with Gasteiger partial charge in [-0.3, -0.25) is 9.98 Å². The van der Waals surface area contributed by atoms with Gasteiger partial charge in [-0.25, -0.2) is 4.79 Å². The number of nitrogens with one attached hydrogen (secondary N) is 3. The Labute approximate surface area is 140 Å². The minimum absolute atomic E-state index is 0.150. The van der Waals surface area contributed by atoms with Gasteiger partial charge in [-0.2, -0.15) is 0 Å². The number of methoxy groups -OCH3 is 1. The Morgan fingerprint density at radius 2 is 2.04 bits per heavy atom. The molecule has 0 radical (unpaired) electrons. The van der Waals surface area contributed by atoms with E-state index in [0.717, 1.165) is 11.3 Å². The molecule has 2 rings (SSSR count). The van der Waals surface area contributed by atoms with Crippen LogP contribution >= 0.6 is 12.2 Å². The van der Waals surface area contributed by atoms with Crippen molar-refractivity contribution in [2.45, 2.75) is 13.8 Å². The molecule has 0 unspecified atom stereocenters. The number of hydrogen-bond acceptors (Lipinski definition) is 4. The van der Waals surface area contributed by atoms with Gasteiger partial charge in [-0.1, -0.05) is 6.07 Å². The minimum atomic E-state index is -0.418. The Morgan fingerprint density at radius 3 is 2.65 bits per heavy atom. The number of esters is 1. The summed E-state index contributed by atoms with van der Waals surface area (Å²) in [4.78, 5) is 11.5. The summed E-state index contributed by atoms with van der Waals surface area (Å²) in [5.41, 5.74) is 3.07. The van der Waals surface area contributed by atoms with Gasteiger partial charge in [-0.05, 0) is 55.9 Å². The molecule has 0 saturated heterocycles. The number of aromatic nitrogens is 1. The standard InChI is InChI=1S/C16H18N4O2S/c1-10-7-11(2)20(9-10)15(17)19-16(23)18-13-6-4-5-12(8-13)14(21)22-3/h4-9H,1-3H3,(H3,17,18,19,23). The molecule has 7 heteroatoms. The van der Waals surface area contributed by atoms with Gasteiger partial charge in [0.05, 0.1) is 12.7 Å². The molecule has 0 bridgehead atoms. The van der Waals surface area contributed by atoms with E-state index < -0.39 is 5.97 Å². The zero-order valence-corrected chi connectivity index (χ0v) is 14.0. The molecule has 0 amide bonds. The minimum Gasteiger partial charge on any atom is -0.465 e. The van der Waals surface area contributed by atoms with Crippen LogP contribution in [0.4, 0.5) is 5.69 Å². The van der Waals surface area contributed by atoms with Crippen LogP contribution in [0.5, 0.6) is 0 Å². The van der Waals surface area contributed by atoms with E-state index in [-0.39, 0.29) is 11.1 Å². The number of anilines is 1. The molecule has 0 atom stereocenters. The van der Waals surface area contributed by atoms with Crippen LogP contribution in [-0.4, -0.2) is 28.7 Å². The van der Waals surface area contributed by atoms with Gasteiger partial charge in [-0.15, -0.1) is 0 Å². The highest BCUT2D eigenvalue weighted by Crippen LogP contribution is 2.11. The maximum absolute atomic E-state index is 11.5. The van der Waals surface area contributed by atoms with E-state index in [2.05, 4.69) is 15.4 Å². The fourth-order valence-electron chi connectivity index (χ4n) is 2.15. The van der Waals surface area contributed by atoms with Crippen molar-refractivity contribution in [3.05, 3.63) is 53.3 Å². The summed E-state index contributed by atoms with van der Waals surface area (Å²) in [7, 11) is 1.33. The summed E-state index contributed by atoms with van der Waals surface area (Å²) in [6.07, 6.45) is 1.85. The lowest BCUT2D eigenvalue weighted by Crippen LogP contribution is -2.37. The fraction of sp³-hybridized carbons (Fsp3) is 0.188. The quantitative estimate of drug-likeness (QED) is 0.341. The Kier molecular flexibility index (Phi) is 5.13. The Balaban J connectivity index is 2.04. The maximum Gasteiger partial charge on any atom is 0.337 e. The van der Waals surface area contributed by atoms with Gasteiger partial charge in [0.25, 0.3) is 0 Å². The number of carbonyl (C=O) groups excluding carboxylic acids is 1. The monoisotopic (exact) mass is 330 g/mol. The van der Waals surface area contributed by atoms with Crippen molar-refractivity contribution in [2.24, 2.45) is 0 Å². The lowest BCUT2D eigenvalue weighted by atomic mass is 10.2. The first-order valence-corrected chi connectivity index (χ1v) is 7.32. The zero-order valence-electron chi connectivity index (χ0n) is 13.1. The predicted molar refractivity (Wildman–Crippen MR) is 94.2 cm³/mol. The molecular formula is C16H18N4O2S. The van der Waals surface area contributed by atoms with Crippen LogP contribution in [0.2, 0.25) is 0 Å². The summed E-state index contributed by atoms with van der Waals surface area (Å²) >= 11 is 5.21. The molecule has 6 nitrogen and oxygen atoms in total. The molecule has 0 aliphatic heterocycles. The third-order valence-corrected chi connectivity index (χ3v) is 3.37. The van der Waals surface area contributed by atoms with Gasteiger partial charge in [0, 0.05) is 17.6 Å². The van der Waals surface area contributed by atoms with Crippen LogP contribution in [0.3, 0.4) is 0 Å². The Hall–Kier alpha value is -2.67. The van der Waals surface area contributed by atoms with Crippen molar-refractivity contribution in [2.75, 3.05) is 12.4 Å². The summed E-state index contributed by atoms with van der Waals surface area (Å²) in [6, 6.07) is 8.76. The summed E-state index contributed by atoms with van der Waals surface area (Å²) in [5.74, 6) is -0.268.